The van der Waals surface area contributed by atoms with Crippen LogP contribution in [0.1, 0.15) is 28.7 Å². The summed E-state index contributed by atoms with van der Waals surface area (Å²) in [6.07, 6.45) is 0. The minimum atomic E-state index is -0.00918. The normalized spacial score (nSPS) is 10.5. The van der Waals surface area contributed by atoms with Gasteiger partial charge in [0.05, 0.1) is 6.61 Å². The lowest BCUT2D eigenvalue weighted by molar-refractivity contribution is 0.0921. The molecule has 0 bridgehead atoms. The zero-order valence-corrected chi connectivity index (χ0v) is 13.0. The number of rotatable bonds is 6. The van der Waals surface area contributed by atoms with Crippen LogP contribution >= 0.6 is 0 Å². The smallest absolute Gasteiger partial charge is 0.202 e. The second kappa shape index (κ2) is 6.48. The van der Waals surface area contributed by atoms with Crippen molar-refractivity contribution in [3.63, 3.8) is 0 Å². The Balaban J connectivity index is 1.99. The summed E-state index contributed by atoms with van der Waals surface area (Å²) in [5, 5.41) is 0. The molecule has 21 heavy (non-hydrogen) atoms. The van der Waals surface area contributed by atoms with Crippen LogP contribution in [0.3, 0.4) is 0 Å². The molecule has 0 amide bonds. The van der Waals surface area contributed by atoms with E-state index in [1.807, 2.05) is 50.6 Å². The molecule has 0 spiro atoms. The Morgan fingerprint density at radius 1 is 1.10 bits per heavy atom. The molecule has 4 heteroatoms. The van der Waals surface area contributed by atoms with Crippen LogP contribution in [-0.4, -0.2) is 23.6 Å². The molecule has 0 fully saturated rings. The number of aromatic nitrogens is 1. The Morgan fingerprint density at radius 3 is 2.14 bits per heavy atom. The molecule has 1 heterocycles. The standard InChI is InChI=1S/C17H21NO3/c1-5-20-14-6-8-15(9-7-14)21-11-17(19)16-10-12(2)18(4)13(16)3/h6-10H,5,11H2,1-4H3. The fourth-order valence-corrected chi connectivity index (χ4v) is 2.16. The molecule has 0 aliphatic heterocycles. The number of Topliss-reactive ketones (excluding diaryl/α,β-unsaturated/α-hetero) is 1. The maximum atomic E-state index is 12.2. The number of ketones is 1. The average Bonchev–Trinajstić information content (AvgIpc) is 2.74. The molecule has 0 atom stereocenters. The maximum absolute atomic E-state index is 12.2. The molecule has 2 rings (SSSR count). The number of nitrogens with zero attached hydrogens (tertiary/aromatic N) is 1. The van der Waals surface area contributed by atoms with Gasteiger partial charge in [0.25, 0.3) is 0 Å². The summed E-state index contributed by atoms with van der Waals surface area (Å²) in [5.41, 5.74) is 2.76. The lowest BCUT2D eigenvalue weighted by atomic mass is 10.1. The Hall–Kier alpha value is -2.23. The molecule has 1 aromatic heterocycles. The Bertz CT molecular complexity index is 626. The molecule has 112 valence electrons. The van der Waals surface area contributed by atoms with Gasteiger partial charge in [0.1, 0.15) is 11.5 Å². The quantitative estimate of drug-likeness (QED) is 0.765. The van der Waals surface area contributed by atoms with E-state index in [1.165, 1.54) is 0 Å². The van der Waals surface area contributed by atoms with Crippen LogP contribution in [0, 0.1) is 13.8 Å². The largest absolute Gasteiger partial charge is 0.494 e. The Labute approximate surface area is 125 Å². The zero-order chi connectivity index (χ0) is 15.4. The summed E-state index contributed by atoms with van der Waals surface area (Å²) in [6.45, 7) is 6.53. The molecular weight excluding hydrogens is 266 g/mol. The van der Waals surface area contributed by atoms with Gasteiger partial charge in [-0.15, -0.1) is 0 Å². The lowest BCUT2D eigenvalue weighted by Crippen LogP contribution is -2.12. The monoisotopic (exact) mass is 287 g/mol. The van der Waals surface area contributed by atoms with Crippen molar-refractivity contribution in [3.8, 4) is 11.5 Å². The number of ether oxygens (including phenoxy) is 2. The molecule has 0 aliphatic carbocycles. The van der Waals surface area contributed by atoms with Gasteiger partial charge in [-0.25, -0.2) is 0 Å². The molecule has 2 aromatic rings. The number of hydrogen-bond acceptors (Lipinski definition) is 3. The Kier molecular flexibility index (Phi) is 4.68. The van der Waals surface area contributed by atoms with E-state index in [1.54, 1.807) is 12.1 Å². The van der Waals surface area contributed by atoms with Gasteiger partial charge in [0, 0.05) is 24.0 Å². The van der Waals surface area contributed by atoms with Crippen LogP contribution in [0.25, 0.3) is 0 Å². The van der Waals surface area contributed by atoms with Crippen molar-refractivity contribution in [1.82, 2.24) is 4.57 Å². The molecule has 0 saturated heterocycles. The number of carbonyl (C=O) groups excluding carboxylic acids is 1. The maximum Gasteiger partial charge on any atom is 0.202 e. The van der Waals surface area contributed by atoms with Gasteiger partial charge in [0.15, 0.2) is 6.61 Å². The number of carbonyl (C=O) groups is 1. The van der Waals surface area contributed by atoms with Crippen molar-refractivity contribution in [2.75, 3.05) is 13.2 Å². The summed E-state index contributed by atoms with van der Waals surface area (Å²) in [5.74, 6) is 1.45. The van der Waals surface area contributed by atoms with Crippen molar-refractivity contribution in [2.45, 2.75) is 20.8 Å². The first-order valence-corrected chi connectivity index (χ1v) is 7.04. The summed E-state index contributed by atoms with van der Waals surface area (Å²) < 4.78 is 12.9. The van der Waals surface area contributed by atoms with E-state index in [-0.39, 0.29) is 12.4 Å². The van der Waals surface area contributed by atoms with E-state index in [0.717, 1.165) is 22.7 Å². The summed E-state index contributed by atoms with van der Waals surface area (Å²) in [4.78, 5) is 12.2. The van der Waals surface area contributed by atoms with Crippen molar-refractivity contribution < 1.29 is 14.3 Å². The fourth-order valence-electron chi connectivity index (χ4n) is 2.16. The van der Waals surface area contributed by atoms with Crippen molar-refractivity contribution in [3.05, 3.63) is 47.3 Å². The number of aryl methyl sites for hydroxylation is 1. The molecule has 4 nitrogen and oxygen atoms in total. The van der Waals surface area contributed by atoms with Crippen LogP contribution in [0.15, 0.2) is 30.3 Å². The van der Waals surface area contributed by atoms with Crippen LogP contribution in [0.2, 0.25) is 0 Å². The van der Waals surface area contributed by atoms with E-state index in [4.69, 9.17) is 9.47 Å². The molecular formula is C17H21NO3. The third-order valence-corrected chi connectivity index (χ3v) is 3.58. The molecule has 0 unspecified atom stereocenters. The third kappa shape index (κ3) is 3.45. The molecule has 0 aliphatic rings. The average molecular weight is 287 g/mol. The predicted molar refractivity (Wildman–Crippen MR) is 82.3 cm³/mol. The highest BCUT2D eigenvalue weighted by atomic mass is 16.5. The highest BCUT2D eigenvalue weighted by molar-refractivity contribution is 5.98. The highest BCUT2D eigenvalue weighted by Gasteiger charge is 2.14. The first kappa shape index (κ1) is 15.2. The van der Waals surface area contributed by atoms with Crippen LogP contribution in [-0.2, 0) is 7.05 Å². The van der Waals surface area contributed by atoms with E-state index in [0.29, 0.717) is 12.4 Å². The molecule has 1 aromatic carbocycles. The van der Waals surface area contributed by atoms with Crippen LogP contribution in [0.5, 0.6) is 11.5 Å². The van der Waals surface area contributed by atoms with E-state index in [9.17, 15) is 4.79 Å². The van der Waals surface area contributed by atoms with E-state index < -0.39 is 0 Å². The highest BCUT2D eigenvalue weighted by Crippen LogP contribution is 2.19. The summed E-state index contributed by atoms with van der Waals surface area (Å²) in [7, 11) is 1.95. The summed E-state index contributed by atoms with van der Waals surface area (Å²) >= 11 is 0. The van der Waals surface area contributed by atoms with Gasteiger partial charge >= 0.3 is 0 Å². The van der Waals surface area contributed by atoms with Crippen molar-refractivity contribution in [1.29, 1.82) is 0 Å². The second-order valence-electron chi connectivity index (χ2n) is 4.96. The van der Waals surface area contributed by atoms with E-state index >= 15 is 0 Å². The summed E-state index contributed by atoms with van der Waals surface area (Å²) in [6, 6.07) is 9.18. The SMILES string of the molecule is CCOc1ccc(OCC(=O)c2cc(C)n(C)c2C)cc1. The first-order chi connectivity index (χ1) is 10.0. The number of benzene rings is 1. The van der Waals surface area contributed by atoms with Gasteiger partial charge in [-0.1, -0.05) is 0 Å². The topological polar surface area (TPSA) is 40.5 Å². The third-order valence-electron chi connectivity index (χ3n) is 3.58. The molecule has 0 saturated carbocycles. The van der Waals surface area contributed by atoms with Crippen LogP contribution < -0.4 is 9.47 Å². The van der Waals surface area contributed by atoms with E-state index in [2.05, 4.69) is 0 Å². The number of hydrogen-bond donors (Lipinski definition) is 0. The fraction of sp³-hybridized carbons (Fsp3) is 0.353. The Morgan fingerprint density at radius 2 is 1.67 bits per heavy atom. The second-order valence-corrected chi connectivity index (χ2v) is 4.96. The van der Waals surface area contributed by atoms with Crippen molar-refractivity contribution >= 4 is 5.78 Å². The predicted octanol–water partition coefficient (Wildman–Crippen LogP) is 3.30. The van der Waals surface area contributed by atoms with Gasteiger partial charge in [0.2, 0.25) is 5.78 Å². The zero-order valence-electron chi connectivity index (χ0n) is 13.0. The van der Waals surface area contributed by atoms with Gasteiger partial charge in [-0.05, 0) is 51.1 Å². The molecule has 0 N–H and O–H groups in total. The molecule has 0 radical (unpaired) electrons. The van der Waals surface area contributed by atoms with Gasteiger partial charge < -0.3 is 14.0 Å². The van der Waals surface area contributed by atoms with Gasteiger partial charge in [-0.3, -0.25) is 4.79 Å². The minimum absolute atomic E-state index is 0.00918. The van der Waals surface area contributed by atoms with Gasteiger partial charge in [-0.2, -0.15) is 0 Å². The first-order valence-electron chi connectivity index (χ1n) is 7.04. The lowest BCUT2D eigenvalue weighted by Gasteiger charge is -2.07. The minimum Gasteiger partial charge on any atom is -0.494 e. The van der Waals surface area contributed by atoms with Crippen LogP contribution in [0.4, 0.5) is 0 Å². The van der Waals surface area contributed by atoms with Crippen molar-refractivity contribution in [2.24, 2.45) is 7.05 Å².